The quantitative estimate of drug-likeness (QED) is 0.553. The van der Waals surface area contributed by atoms with Gasteiger partial charge in [-0.25, -0.2) is 9.98 Å². The molecule has 0 aliphatic carbocycles. The lowest BCUT2D eigenvalue weighted by atomic mass is 10.4. The van der Waals surface area contributed by atoms with Gasteiger partial charge in [0.2, 0.25) is 0 Å². The smallest absolute Gasteiger partial charge is 0.153 e. The van der Waals surface area contributed by atoms with E-state index in [0.717, 1.165) is 5.69 Å². The van der Waals surface area contributed by atoms with E-state index in [1.54, 1.807) is 6.07 Å². The SMILES string of the molecule is CC.CC.Cc1cccc(N=CN)n1. The topological polar surface area (TPSA) is 51.3 Å². The Morgan fingerprint density at radius 3 is 2.21 bits per heavy atom. The number of hydrogen-bond acceptors (Lipinski definition) is 2. The van der Waals surface area contributed by atoms with Gasteiger partial charge in [-0.05, 0) is 19.1 Å². The third-order valence-electron chi connectivity index (χ3n) is 1.08. The summed E-state index contributed by atoms with van der Waals surface area (Å²) < 4.78 is 0. The van der Waals surface area contributed by atoms with E-state index in [1.807, 2.05) is 46.8 Å². The lowest BCUT2D eigenvalue weighted by Crippen LogP contribution is -1.87. The summed E-state index contributed by atoms with van der Waals surface area (Å²) in [5, 5.41) is 0. The molecule has 0 aliphatic rings. The number of aryl methyl sites for hydroxylation is 1. The summed E-state index contributed by atoms with van der Waals surface area (Å²) in [6.07, 6.45) is 1.24. The molecule has 3 nitrogen and oxygen atoms in total. The van der Waals surface area contributed by atoms with E-state index < -0.39 is 0 Å². The first-order chi connectivity index (χ1) is 6.83. The molecule has 0 atom stereocenters. The second kappa shape index (κ2) is 11.6. The molecule has 0 saturated heterocycles. The molecule has 14 heavy (non-hydrogen) atoms. The fraction of sp³-hybridized carbons (Fsp3) is 0.455. The maximum absolute atomic E-state index is 5.08. The average molecular weight is 195 g/mol. The molecule has 80 valence electrons. The highest BCUT2D eigenvalue weighted by Gasteiger charge is 1.87. The Balaban J connectivity index is 0. The molecule has 0 unspecified atom stereocenters. The van der Waals surface area contributed by atoms with E-state index in [1.165, 1.54) is 6.34 Å². The Bertz CT molecular complexity index is 244. The molecule has 0 aliphatic heterocycles. The van der Waals surface area contributed by atoms with E-state index in [0.29, 0.717) is 5.82 Å². The molecule has 3 heteroatoms. The largest absolute Gasteiger partial charge is 0.390 e. The average Bonchev–Trinajstić information content (AvgIpc) is 2.24. The Labute approximate surface area is 87.1 Å². The normalized spacial score (nSPS) is 8.36. The second-order valence-corrected chi connectivity index (χ2v) is 1.92. The molecule has 0 bridgehead atoms. The highest BCUT2D eigenvalue weighted by Crippen LogP contribution is 2.05. The Morgan fingerprint density at radius 1 is 1.21 bits per heavy atom. The number of aliphatic imine (C=N–C) groups is 1. The molecule has 1 rings (SSSR count). The van der Waals surface area contributed by atoms with Gasteiger partial charge in [0.15, 0.2) is 5.82 Å². The number of pyridine rings is 1. The van der Waals surface area contributed by atoms with Gasteiger partial charge in [0.1, 0.15) is 0 Å². The molecule has 0 saturated carbocycles. The Morgan fingerprint density at radius 2 is 1.79 bits per heavy atom. The van der Waals surface area contributed by atoms with Crippen LogP contribution in [0.15, 0.2) is 23.2 Å². The fourth-order valence-corrected chi connectivity index (χ4v) is 0.677. The van der Waals surface area contributed by atoms with Gasteiger partial charge in [-0.3, -0.25) is 0 Å². The molecule has 0 spiro atoms. The van der Waals surface area contributed by atoms with E-state index in [2.05, 4.69) is 9.98 Å². The van der Waals surface area contributed by atoms with Crippen LogP contribution in [0.1, 0.15) is 33.4 Å². The van der Waals surface area contributed by atoms with Crippen molar-refractivity contribution in [1.82, 2.24) is 4.98 Å². The summed E-state index contributed by atoms with van der Waals surface area (Å²) in [7, 11) is 0. The molecule has 0 radical (unpaired) electrons. The predicted molar refractivity (Wildman–Crippen MR) is 64.0 cm³/mol. The van der Waals surface area contributed by atoms with Crippen molar-refractivity contribution < 1.29 is 0 Å². The van der Waals surface area contributed by atoms with Gasteiger partial charge in [0, 0.05) is 5.69 Å². The molecule has 0 fully saturated rings. The first kappa shape index (κ1) is 15.1. The first-order valence-corrected chi connectivity index (χ1v) is 5.01. The van der Waals surface area contributed by atoms with Crippen molar-refractivity contribution in [3.8, 4) is 0 Å². The molecule has 1 aromatic rings. The third-order valence-corrected chi connectivity index (χ3v) is 1.08. The first-order valence-electron chi connectivity index (χ1n) is 5.01. The van der Waals surface area contributed by atoms with Crippen molar-refractivity contribution in [1.29, 1.82) is 0 Å². The summed E-state index contributed by atoms with van der Waals surface area (Å²) >= 11 is 0. The monoisotopic (exact) mass is 195 g/mol. The van der Waals surface area contributed by atoms with Crippen molar-refractivity contribution in [3.05, 3.63) is 23.9 Å². The summed E-state index contributed by atoms with van der Waals surface area (Å²) in [5.74, 6) is 0.655. The summed E-state index contributed by atoms with van der Waals surface area (Å²) in [5.41, 5.74) is 6.03. The lowest BCUT2D eigenvalue weighted by molar-refractivity contribution is 1.18. The minimum Gasteiger partial charge on any atom is -0.390 e. The van der Waals surface area contributed by atoms with E-state index >= 15 is 0 Å². The highest BCUT2D eigenvalue weighted by atomic mass is 14.9. The van der Waals surface area contributed by atoms with E-state index in [-0.39, 0.29) is 0 Å². The van der Waals surface area contributed by atoms with Crippen molar-refractivity contribution in [3.63, 3.8) is 0 Å². The molecule has 1 aromatic heterocycles. The number of aromatic nitrogens is 1. The van der Waals surface area contributed by atoms with Crippen LogP contribution in [-0.4, -0.2) is 11.3 Å². The van der Waals surface area contributed by atoms with Crippen molar-refractivity contribution >= 4 is 12.2 Å². The summed E-state index contributed by atoms with van der Waals surface area (Å²) in [4.78, 5) is 7.89. The van der Waals surface area contributed by atoms with Gasteiger partial charge < -0.3 is 5.73 Å². The number of hydrogen-bond donors (Lipinski definition) is 1. The Kier molecular flexibility index (Phi) is 12.5. The predicted octanol–water partition coefficient (Wildman–Crippen LogP) is 3.06. The van der Waals surface area contributed by atoms with Crippen LogP contribution in [0.25, 0.3) is 0 Å². The van der Waals surface area contributed by atoms with Crippen LogP contribution in [-0.2, 0) is 0 Å². The zero-order valence-corrected chi connectivity index (χ0v) is 9.78. The van der Waals surface area contributed by atoms with Crippen LogP contribution in [0.5, 0.6) is 0 Å². The number of nitrogens with zero attached hydrogens (tertiary/aromatic N) is 2. The lowest BCUT2D eigenvalue weighted by Gasteiger charge is -1.91. The van der Waals surface area contributed by atoms with Gasteiger partial charge in [-0.2, -0.15) is 0 Å². The van der Waals surface area contributed by atoms with Gasteiger partial charge in [-0.15, -0.1) is 0 Å². The third kappa shape index (κ3) is 7.28. The van der Waals surface area contributed by atoms with Crippen LogP contribution in [0.3, 0.4) is 0 Å². The van der Waals surface area contributed by atoms with E-state index in [4.69, 9.17) is 5.73 Å². The molecule has 2 N–H and O–H groups in total. The van der Waals surface area contributed by atoms with Crippen molar-refractivity contribution in [2.24, 2.45) is 10.7 Å². The zero-order valence-electron chi connectivity index (χ0n) is 9.78. The molecule has 0 aromatic carbocycles. The van der Waals surface area contributed by atoms with Crippen LogP contribution in [0.4, 0.5) is 5.82 Å². The van der Waals surface area contributed by atoms with Crippen molar-refractivity contribution in [2.75, 3.05) is 0 Å². The summed E-state index contributed by atoms with van der Waals surface area (Å²) in [6, 6.07) is 5.61. The minimum atomic E-state index is 0.655. The van der Waals surface area contributed by atoms with Crippen molar-refractivity contribution in [2.45, 2.75) is 34.6 Å². The van der Waals surface area contributed by atoms with Crippen LogP contribution >= 0.6 is 0 Å². The Hall–Kier alpha value is -1.38. The van der Waals surface area contributed by atoms with Crippen LogP contribution < -0.4 is 5.73 Å². The molecule has 0 amide bonds. The number of rotatable bonds is 1. The van der Waals surface area contributed by atoms with E-state index in [9.17, 15) is 0 Å². The molecule has 1 heterocycles. The number of nitrogens with two attached hydrogens (primary N) is 1. The highest BCUT2D eigenvalue weighted by molar-refractivity contribution is 5.56. The molecular weight excluding hydrogens is 174 g/mol. The van der Waals surface area contributed by atoms with Crippen LogP contribution in [0.2, 0.25) is 0 Å². The zero-order chi connectivity index (χ0) is 11.4. The second-order valence-electron chi connectivity index (χ2n) is 1.92. The van der Waals surface area contributed by atoms with Gasteiger partial charge in [-0.1, -0.05) is 33.8 Å². The maximum atomic E-state index is 5.08. The van der Waals surface area contributed by atoms with Gasteiger partial charge in [0.05, 0.1) is 6.34 Å². The van der Waals surface area contributed by atoms with Crippen LogP contribution in [0, 0.1) is 6.92 Å². The standard InChI is InChI=1S/C7H9N3.2C2H6/c1-6-3-2-4-7(10-6)9-5-8;2*1-2/h2-5H,1H3,(H2,8,9,10);2*1-2H3. The van der Waals surface area contributed by atoms with Gasteiger partial charge >= 0.3 is 0 Å². The summed E-state index contributed by atoms with van der Waals surface area (Å²) in [6.45, 7) is 9.91. The fourth-order valence-electron chi connectivity index (χ4n) is 0.677. The minimum absolute atomic E-state index is 0.655. The van der Waals surface area contributed by atoms with Gasteiger partial charge in [0.25, 0.3) is 0 Å². The maximum Gasteiger partial charge on any atom is 0.153 e. The molecular formula is C11H21N3.